The third-order valence-corrected chi connectivity index (χ3v) is 3.95. The van der Waals surface area contributed by atoms with Gasteiger partial charge in [-0.15, -0.1) is 10.2 Å². The number of rotatable bonds is 2. The number of aryl methyl sites for hydroxylation is 1. The predicted molar refractivity (Wildman–Crippen MR) is 87.9 cm³/mol. The van der Waals surface area contributed by atoms with Crippen LogP contribution in [-0.2, 0) is 10.9 Å². The summed E-state index contributed by atoms with van der Waals surface area (Å²) in [4.78, 5) is 16.4. The Morgan fingerprint density at radius 3 is 2.65 bits per heavy atom. The van der Waals surface area contributed by atoms with E-state index in [-0.39, 0.29) is 17.3 Å². The molecule has 0 bridgehead atoms. The molecule has 0 saturated heterocycles. The maximum absolute atomic E-state index is 12.8. The van der Waals surface area contributed by atoms with Gasteiger partial charge in [-0.1, -0.05) is 22.5 Å². The highest BCUT2D eigenvalue weighted by molar-refractivity contribution is 6.33. The lowest BCUT2D eigenvalue weighted by Crippen LogP contribution is -2.16. The molecule has 0 aliphatic heterocycles. The van der Waals surface area contributed by atoms with Crippen molar-refractivity contribution in [2.75, 3.05) is 6.61 Å². The van der Waals surface area contributed by atoms with Crippen molar-refractivity contribution in [2.24, 2.45) is 0 Å². The van der Waals surface area contributed by atoms with Gasteiger partial charge in [-0.3, -0.25) is 4.98 Å². The molecule has 136 valence electrons. The molecule has 0 saturated carbocycles. The number of hydrogen-bond acceptors (Lipinski definition) is 5. The summed E-state index contributed by atoms with van der Waals surface area (Å²) in [6.07, 6.45) is -4.54. The van der Waals surface area contributed by atoms with Crippen molar-refractivity contribution in [3.05, 3.63) is 40.5 Å². The lowest BCUT2D eigenvalue weighted by Gasteiger charge is -2.11. The van der Waals surface area contributed by atoms with Crippen molar-refractivity contribution in [1.82, 2.24) is 20.0 Å². The van der Waals surface area contributed by atoms with Gasteiger partial charge in [-0.25, -0.2) is 4.79 Å². The van der Waals surface area contributed by atoms with E-state index >= 15 is 0 Å². The fourth-order valence-corrected chi connectivity index (χ4v) is 2.69. The predicted octanol–water partition coefficient (Wildman–Crippen LogP) is 4.48. The summed E-state index contributed by atoms with van der Waals surface area (Å²) in [7, 11) is 0. The smallest absolute Gasteiger partial charge is 0.447 e. The van der Waals surface area contributed by atoms with Gasteiger partial charge in [0.05, 0.1) is 22.9 Å². The number of ether oxygens (including phenoxy) is 1. The molecule has 0 aliphatic carbocycles. The second-order valence-corrected chi connectivity index (χ2v) is 5.75. The molecule has 0 atom stereocenters. The zero-order chi connectivity index (χ0) is 19.1. The van der Waals surface area contributed by atoms with Crippen molar-refractivity contribution in [2.45, 2.75) is 20.0 Å². The van der Waals surface area contributed by atoms with E-state index in [2.05, 4.69) is 15.2 Å². The fraction of sp³-hybridized carbons (Fsp3) is 0.250. The van der Waals surface area contributed by atoms with Gasteiger partial charge < -0.3 is 4.74 Å². The minimum atomic E-state index is -4.53. The van der Waals surface area contributed by atoms with Gasteiger partial charge in [-0.2, -0.15) is 13.2 Å². The summed E-state index contributed by atoms with van der Waals surface area (Å²) in [6, 6.07) is 4.02. The largest absolute Gasteiger partial charge is 0.452 e. The molecular formula is C16H12ClF3N4O2. The quantitative estimate of drug-likeness (QED) is 0.651. The third kappa shape index (κ3) is 3.22. The molecule has 3 aromatic rings. The molecule has 2 heterocycles. The second kappa shape index (κ2) is 6.56. The van der Waals surface area contributed by atoms with Crippen molar-refractivity contribution in [3.8, 4) is 11.3 Å². The van der Waals surface area contributed by atoms with E-state index in [4.69, 9.17) is 16.3 Å². The summed E-state index contributed by atoms with van der Waals surface area (Å²) in [5, 5.41) is 7.97. The summed E-state index contributed by atoms with van der Waals surface area (Å²) in [5.41, 5.74) is 1.15. The summed E-state index contributed by atoms with van der Waals surface area (Å²) in [6.45, 7) is 3.52. The Morgan fingerprint density at radius 1 is 1.31 bits per heavy atom. The summed E-state index contributed by atoms with van der Waals surface area (Å²) < 4.78 is 43.1. The van der Waals surface area contributed by atoms with E-state index in [1.54, 1.807) is 26.0 Å². The number of fused-ring (bicyclic) bond motifs is 1. The molecule has 0 unspecified atom stereocenters. The first kappa shape index (κ1) is 18.1. The van der Waals surface area contributed by atoms with Gasteiger partial charge in [-0.05, 0) is 31.5 Å². The van der Waals surface area contributed by atoms with Crippen molar-refractivity contribution in [1.29, 1.82) is 0 Å². The van der Waals surface area contributed by atoms with Crippen LogP contribution in [0.2, 0.25) is 5.02 Å². The Morgan fingerprint density at radius 2 is 2.04 bits per heavy atom. The molecular weight excluding hydrogens is 373 g/mol. The Bertz CT molecular complexity index is 1000. The van der Waals surface area contributed by atoms with E-state index < -0.39 is 17.8 Å². The Kier molecular flexibility index (Phi) is 4.57. The highest BCUT2D eigenvalue weighted by Crippen LogP contribution is 2.36. The number of carbonyl (C=O) groups excluding carboxylic acids is 1. The average molecular weight is 385 g/mol. The number of hydrogen-bond donors (Lipinski definition) is 0. The van der Waals surface area contributed by atoms with E-state index in [1.165, 1.54) is 0 Å². The Labute approximate surface area is 150 Å². The Hall–Kier alpha value is -2.68. The van der Waals surface area contributed by atoms with Gasteiger partial charge >= 0.3 is 12.3 Å². The molecule has 1 aromatic carbocycles. The summed E-state index contributed by atoms with van der Waals surface area (Å²) in [5.74, 6) is 0. The molecule has 0 spiro atoms. The minimum absolute atomic E-state index is 0.139. The van der Waals surface area contributed by atoms with Gasteiger partial charge in [0.15, 0.2) is 0 Å². The van der Waals surface area contributed by atoms with E-state index in [0.29, 0.717) is 22.2 Å². The second-order valence-electron chi connectivity index (χ2n) is 5.35. The van der Waals surface area contributed by atoms with Gasteiger partial charge in [0.25, 0.3) is 0 Å². The van der Waals surface area contributed by atoms with E-state index in [0.717, 1.165) is 17.1 Å². The maximum atomic E-state index is 12.8. The zero-order valence-corrected chi connectivity index (χ0v) is 14.4. The van der Waals surface area contributed by atoms with Crippen molar-refractivity contribution < 1.29 is 22.7 Å². The number of halogens is 4. The van der Waals surface area contributed by atoms with Crippen LogP contribution in [0.3, 0.4) is 0 Å². The van der Waals surface area contributed by atoms with Crippen LogP contribution in [0.4, 0.5) is 18.0 Å². The normalized spacial score (nSPS) is 11.8. The molecule has 26 heavy (non-hydrogen) atoms. The van der Waals surface area contributed by atoms with Crippen LogP contribution >= 0.6 is 11.6 Å². The number of alkyl halides is 3. The molecule has 6 nitrogen and oxygen atoms in total. The lowest BCUT2D eigenvalue weighted by molar-refractivity contribution is -0.137. The number of aromatic nitrogens is 4. The van der Waals surface area contributed by atoms with Crippen molar-refractivity contribution >= 4 is 28.7 Å². The fourth-order valence-electron chi connectivity index (χ4n) is 2.42. The number of benzene rings is 1. The molecule has 10 heteroatoms. The highest BCUT2D eigenvalue weighted by Gasteiger charge is 2.31. The monoisotopic (exact) mass is 384 g/mol. The maximum Gasteiger partial charge on any atom is 0.452 e. The zero-order valence-electron chi connectivity index (χ0n) is 13.6. The Balaban J connectivity index is 2.09. The molecule has 0 fully saturated rings. The molecule has 0 aliphatic rings. The lowest BCUT2D eigenvalue weighted by atomic mass is 10.0. The molecule has 0 radical (unpaired) electrons. The average Bonchev–Trinajstić information content (AvgIpc) is 3.00. The minimum Gasteiger partial charge on any atom is -0.447 e. The van der Waals surface area contributed by atoms with Crippen LogP contribution in [0, 0.1) is 6.92 Å². The highest BCUT2D eigenvalue weighted by atomic mass is 35.5. The number of carbonyl (C=O) groups is 1. The van der Waals surface area contributed by atoms with E-state index in [1.807, 2.05) is 0 Å². The third-order valence-electron chi connectivity index (χ3n) is 3.66. The van der Waals surface area contributed by atoms with Gasteiger partial charge in [0.2, 0.25) is 0 Å². The first-order valence-corrected chi connectivity index (χ1v) is 7.87. The van der Waals surface area contributed by atoms with Gasteiger partial charge in [0, 0.05) is 11.8 Å². The molecule has 3 rings (SSSR count). The van der Waals surface area contributed by atoms with Crippen molar-refractivity contribution in [3.63, 3.8) is 0 Å². The summed E-state index contributed by atoms with van der Waals surface area (Å²) >= 11 is 6.01. The number of pyridine rings is 1. The first-order chi connectivity index (χ1) is 12.2. The van der Waals surface area contributed by atoms with E-state index in [9.17, 15) is 18.0 Å². The standard InChI is InChI=1S/C16H12ClF3N4O2/c1-3-26-15(25)24-22-12-5-4-10(8(2)13(12)23-24)14-11(17)6-9(7-21-14)16(18,19)20/h4-7H,3H2,1-2H3. The topological polar surface area (TPSA) is 69.9 Å². The van der Waals surface area contributed by atoms with Crippen LogP contribution < -0.4 is 0 Å². The van der Waals surface area contributed by atoms with Gasteiger partial charge in [0.1, 0.15) is 11.0 Å². The van der Waals surface area contributed by atoms with Crippen LogP contribution in [0.25, 0.3) is 22.3 Å². The number of nitrogens with zero attached hydrogens (tertiary/aromatic N) is 4. The first-order valence-electron chi connectivity index (χ1n) is 7.49. The van der Waals surface area contributed by atoms with Crippen LogP contribution in [0.5, 0.6) is 0 Å². The molecule has 2 aromatic heterocycles. The van der Waals surface area contributed by atoms with Crippen LogP contribution in [0.1, 0.15) is 18.1 Å². The molecule has 0 N–H and O–H groups in total. The molecule has 0 amide bonds. The van der Waals surface area contributed by atoms with Crippen LogP contribution in [-0.4, -0.2) is 32.7 Å². The SMILES string of the molecule is CCOC(=O)n1nc2ccc(-c3ncc(C(F)(F)F)cc3Cl)c(C)c2n1. The van der Waals surface area contributed by atoms with Crippen LogP contribution in [0.15, 0.2) is 24.4 Å².